The molecule has 34 heavy (non-hydrogen) atoms. The number of rotatable bonds is 6. The van der Waals surface area contributed by atoms with Crippen LogP contribution in [0.15, 0.2) is 72.8 Å². The van der Waals surface area contributed by atoms with E-state index in [9.17, 15) is 18.0 Å². The first kappa shape index (κ1) is 23.1. The molecular formula is C24H19N3O5S2. The number of nitrogens with two attached hydrogens (primary N) is 1. The molecule has 0 aliphatic carbocycles. The second kappa shape index (κ2) is 9.08. The highest BCUT2D eigenvalue weighted by Gasteiger charge is 2.25. The van der Waals surface area contributed by atoms with Gasteiger partial charge in [0.05, 0.1) is 11.8 Å². The van der Waals surface area contributed by atoms with Crippen LogP contribution in [-0.4, -0.2) is 32.4 Å². The van der Waals surface area contributed by atoms with Gasteiger partial charge in [-0.2, -0.15) is 8.42 Å². The summed E-state index contributed by atoms with van der Waals surface area (Å²) in [7, 11) is -4.03. The van der Waals surface area contributed by atoms with Crippen molar-refractivity contribution in [3.63, 3.8) is 0 Å². The number of carbonyl (C=O) groups excluding carboxylic acids is 2. The van der Waals surface area contributed by atoms with E-state index < -0.39 is 22.0 Å². The zero-order chi connectivity index (χ0) is 24.5. The molecule has 0 spiro atoms. The van der Waals surface area contributed by atoms with Gasteiger partial charge in [-0.15, -0.1) is 11.3 Å². The predicted molar refractivity (Wildman–Crippen MR) is 133 cm³/mol. The van der Waals surface area contributed by atoms with Crippen molar-refractivity contribution in [2.24, 2.45) is 5.73 Å². The summed E-state index contributed by atoms with van der Waals surface area (Å²) >= 11 is 1.25. The minimum Gasteiger partial charge on any atom is -0.384 e. The van der Waals surface area contributed by atoms with Crippen molar-refractivity contribution in [2.45, 2.75) is 0 Å². The number of benzene rings is 3. The molecule has 1 aromatic heterocycles. The van der Waals surface area contributed by atoms with E-state index in [1.807, 2.05) is 24.3 Å². The van der Waals surface area contributed by atoms with Crippen LogP contribution in [0, 0.1) is 5.41 Å². The summed E-state index contributed by atoms with van der Waals surface area (Å²) in [5, 5.41) is 11.1. The Morgan fingerprint density at radius 2 is 1.62 bits per heavy atom. The van der Waals surface area contributed by atoms with Crippen molar-refractivity contribution in [1.29, 1.82) is 5.41 Å². The lowest BCUT2D eigenvalue weighted by Gasteiger charge is -2.11. The molecular weight excluding hydrogens is 474 g/mol. The highest BCUT2D eigenvalue weighted by molar-refractivity contribution is 7.86. The van der Waals surface area contributed by atoms with Crippen molar-refractivity contribution < 1.29 is 22.2 Å². The summed E-state index contributed by atoms with van der Waals surface area (Å²) in [6.07, 6.45) is 0.795. The van der Waals surface area contributed by atoms with Gasteiger partial charge < -0.3 is 15.2 Å². The van der Waals surface area contributed by atoms with Gasteiger partial charge in [0, 0.05) is 26.9 Å². The second-order valence-corrected chi connectivity index (χ2v) is 10.00. The fourth-order valence-corrected chi connectivity index (χ4v) is 4.93. The lowest BCUT2D eigenvalue weighted by atomic mass is 9.96. The number of thiophene rings is 1. The van der Waals surface area contributed by atoms with Gasteiger partial charge in [-0.25, -0.2) is 4.79 Å². The fraction of sp³-hybridized carbons (Fsp3) is 0.0417. The van der Waals surface area contributed by atoms with Crippen LogP contribution < -0.4 is 11.1 Å². The van der Waals surface area contributed by atoms with Gasteiger partial charge in [-0.05, 0) is 42.0 Å². The lowest BCUT2D eigenvalue weighted by molar-refractivity contribution is 0.0749. The van der Waals surface area contributed by atoms with E-state index in [4.69, 9.17) is 11.1 Å². The molecule has 0 saturated carbocycles. The van der Waals surface area contributed by atoms with Crippen molar-refractivity contribution in [3.05, 3.63) is 88.8 Å². The van der Waals surface area contributed by atoms with Crippen molar-refractivity contribution in [2.75, 3.05) is 11.6 Å². The molecule has 1 amide bonds. The standard InChI is InChI=1S/C24H19N3O5S2/c1-34(30,31)32-24(29)17-7-3-2-6-16(17)20-18-8-4-5-9-19(18)33-21(20)23(28)27-15-12-10-14(11-13-15)22(25)26/h2-13H,1H3,(H3,25,26)(H,27,28). The Morgan fingerprint density at radius 1 is 0.971 bits per heavy atom. The van der Waals surface area contributed by atoms with E-state index in [-0.39, 0.29) is 11.4 Å². The van der Waals surface area contributed by atoms with Crippen LogP contribution in [0.1, 0.15) is 25.6 Å². The molecule has 0 unspecified atom stereocenters. The van der Waals surface area contributed by atoms with E-state index in [1.54, 1.807) is 42.5 Å². The molecule has 4 aromatic rings. The van der Waals surface area contributed by atoms with Crippen LogP contribution in [-0.2, 0) is 14.3 Å². The normalized spacial score (nSPS) is 11.2. The zero-order valence-corrected chi connectivity index (χ0v) is 19.5. The van der Waals surface area contributed by atoms with Crippen LogP contribution in [0.2, 0.25) is 0 Å². The molecule has 1 heterocycles. The third-order valence-electron chi connectivity index (χ3n) is 4.90. The van der Waals surface area contributed by atoms with Crippen molar-refractivity contribution >= 4 is 54.9 Å². The molecule has 0 aliphatic heterocycles. The number of amidine groups is 1. The Labute approximate surface area is 199 Å². The molecule has 3 aromatic carbocycles. The first-order valence-electron chi connectivity index (χ1n) is 9.94. The molecule has 0 bridgehead atoms. The average molecular weight is 494 g/mol. The van der Waals surface area contributed by atoms with Crippen molar-refractivity contribution in [1.82, 2.24) is 0 Å². The number of amides is 1. The minimum atomic E-state index is -4.03. The lowest BCUT2D eigenvalue weighted by Crippen LogP contribution is -2.14. The first-order chi connectivity index (χ1) is 16.1. The number of hydrogen-bond acceptors (Lipinski definition) is 7. The number of carbonyl (C=O) groups is 2. The van der Waals surface area contributed by atoms with Gasteiger partial charge in [0.1, 0.15) is 10.7 Å². The van der Waals surface area contributed by atoms with Gasteiger partial charge >= 0.3 is 16.1 Å². The maximum absolute atomic E-state index is 13.3. The summed E-state index contributed by atoms with van der Waals surface area (Å²) in [4.78, 5) is 26.3. The SMILES string of the molecule is CS(=O)(=O)OC(=O)c1ccccc1-c1c(C(=O)Nc2ccc(C(=N)N)cc2)sc2ccccc12. The maximum atomic E-state index is 13.3. The Kier molecular flexibility index (Phi) is 6.18. The molecule has 0 radical (unpaired) electrons. The molecule has 0 fully saturated rings. The minimum absolute atomic E-state index is 0.0244. The Morgan fingerprint density at radius 3 is 2.29 bits per heavy atom. The summed E-state index contributed by atoms with van der Waals surface area (Å²) in [6, 6.07) is 20.3. The molecule has 10 heteroatoms. The monoisotopic (exact) mass is 493 g/mol. The summed E-state index contributed by atoms with van der Waals surface area (Å²) < 4.78 is 28.5. The maximum Gasteiger partial charge on any atom is 0.354 e. The highest BCUT2D eigenvalue weighted by Crippen LogP contribution is 2.40. The van der Waals surface area contributed by atoms with E-state index in [0.717, 1.165) is 16.3 Å². The van der Waals surface area contributed by atoms with Crippen LogP contribution in [0.3, 0.4) is 0 Å². The highest BCUT2D eigenvalue weighted by atomic mass is 32.2. The second-order valence-electron chi connectivity index (χ2n) is 7.37. The Balaban J connectivity index is 1.81. The zero-order valence-electron chi connectivity index (χ0n) is 17.9. The quantitative estimate of drug-likeness (QED) is 0.209. The van der Waals surface area contributed by atoms with Gasteiger partial charge in [-0.3, -0.25) is 10.2 Å². The molecule has 0 atom stereocenters. The molecule has 0 aliphatic rings. The third kappa shape index (κ3) is 4.82. The molecule has 8 nitrogen and oxygen atoms in total. The van der Waals surface area contributed by atoms with E-state index in [0.29, 0.717) is 27.3 Å². The number of nitrogens with one attached hydrogen (secondary N) is 2. The summed E-state index contributed by atoms with van der Waals surface area (Å²) in [5.74, 6) is -1.51. The average Bonchev–Trinajstić information content (AvgIpc) is 3.18. The first-order valence-corrected chi connectivity index (χ1v) is 12.6. The van der Waals surface area contributed by atoms with Crippen LogP contribution in [0.25, 0.3) is 21.2 Å². The van der Waals surface area contributed by atoms with E-state index in [2.05, 4.69) is 9.50 Å². The van der Waals surface area contributed by atoms with Gasteiger partial charge in [0.25, 0.3) is 5.91 Å². The Hall–Kier alpha value is -4.02. The van der Waals surface area contributed by atoms with E-state index >= 15 is 0 Å². The largest absolute Gasteiger partial charge is 0.384 e. The molecule has 4 N–H and O–H groups in total. The van der Waals surface area contributed by atoms with Gasteiger partial charge in [0.15, 0.2) is 0 Å². The topological polar surface area (TPSA) is 139 Å². The summed E-state index contributed by atoms with van der Waals surface area (Å²) in [5.41, 5.74) is 7.42. The van der Waals surface area contributed by atoms with Crippen LogP contribution in [0.5, 0.6) is 0 Å². The number of hydrogen-bond donors (Lipinski definition) is 3. The molecule has 0 saturated heterocycles. The predicted octanol–water partition coefficient (Wildman–Crippen LogP) is 4.22. The third-order valence-corrected chi connectivity index (χ3v) is 6.52. The summed E-state index contributed by atoms with van der Waals surface area (Å²) in [6.45, 7) is 0. The Bertz CT molecular complexity index is 1540. The molecule has 172 valence electrons. The fourth-order valence-electron chi connectivity index (χ4n) is 3.46. The van der Waals surface area contributed by atoms with E-state index in [1.165, 1.54) is 17.4 Å². The van der Waals surface area contributed by atoms with Gasteiger partial charge in [0.2, 0.25) is 0 Å². The number of anilines is 1. The van der Waals surface area contributed by atoms with Gasteiger partial charge in [-0.1, -0.05) is 36.4 Å². The van der Waals surface area contributed by atoms with Crippen LogP contribution >= 0.6 is 11.3 Å². The van der Waals surface area contributed by atoms with Crippen LogP contribution in [0.4, 0.5) is 5.69 Å². The number of nitrogen functional groups attached to an aromatic ring is 1. The van der Waals surface area contributed by atoms with Crippen molar-refractivity contribution in [3.8, 4) is 11.1 Å². The smallest absolute Gasteiger partial charge is 0.354 e. The molecule has 4 rings (SSSR count). The number of fused-ring (bicyclic) bond motifs is 1.